The molecule has 1 aliphatic heterocycles. The van der Waals surface area contributed by atoms with Crippen molar-refractivity contribution in [1.82, 2.24) is 4.98 Å². The fourth-order valence-electron chi connectivity index (χ4n) is 1.29. The smallest absolute Gasteiger partial charge is 0.171 e. The van der Waals surface area contributed by atoms with Gasteiger partial charge in [0.15, 0.2) is 5.82 Å². The molecular formula is C9H8ClN3O. The average Bonchev–Trinajstić information content (AvgIpc) is 2.70. The molecule has 0 spiro atoms. The van der Waals surface area contributed by atoms with Gasteiger partial charge in [-0.3, -0.25) is 4.84 Å². The van der Waals surface area contributed by atoms with E-state index < -0.39 is 0 Å². The second-order valence-corrected chi connectivity index (χ2v) is 3.34. The Hall–Kier alpha value is -1.31. The van der Waals surface area contributed by atoms with Crippen molar-refractivity contribution in [3.63, 3.8) is 0 Å². The van der Waals surface area contributed by atoms with E-state index in [1.165, 1.54) is 6.20 Å². The molecule has 0 amide bonds. The van der Waals surface area contributed by atoms with E-state index in [1.54, 1.807) is 11.1 Å². The van der Waals surface area contributed by atoms with E-state index in [0.29, 0.717) is 23.0 Å². The van der Waals surface area contributed by atoms with Crippen LogP contribution in [0, 0.1) is 11.3 Å². The molecule has 0 atom stereocenters. The molecule has 0 bridgehead atoms. The SMILES string of the molecule is N#Cc1cnc(N2CCCO2)c(Cl)c1. The minimum absolute atomic E-state index is 0.450. The minimum atomic E-state index is 0.450. The summed E-state index contributed by atoms with van der Waals surface area (Å²) >= 11 is 5.95. The van der Waals surface area contributed by atoms with Crippen molar-refractivity contribution in [3.05, 3.63) is 22.8 Å². The molecule has 1 aromatic rings. The van der Waals surface area contributed by atoms with Crippen molar-refractivity contribution >= 4 is 17.4 Å². The molecule has 0 aliphatic carbocycles. The van der Waals surface area contributed by atoms with Crippen LogP contribution in [0.15, 0.2) is 12.3 Å². The monoisotopic (exact) mass is 209 g/mol. The second-order valence-electron chi connectivity index (χ2n) is 2.93. The van der Waals surface area contributed by atoms with Gasteiger partial charge in [-0.25, -0.2) is 10.0 Å². The van der Waals surface area contributed by atoms with E-state index in [0.717, 1.165) is 13.0 Å². The third kappa shape index (κ3) is 1.65. The van der Waals surface area contributed by atoms with E-state index in [-0.39, 0.29) is 0 Å². The molecule has 1 saturated heterocycles. The fraction of sp³-hybridized carbons (Fsp3) is 0.333. The largest absolute Gasteiger partial charge is 0.272 e. The molecule has 14 heavy (non-hydrogen) atoms. The Labute approximate surface area is 86.6 Å². The zero-order chi connectivity index (χ0) is 9.97. The molecule has 2 heterocycles. The Kier molecular flexibility index (Phi) is 2.53. The average molecular weight is 210 g/mol. The summed E-state index contributed by atoms with van der Waals surface area (Å²) in [6.45, 7) is 1.48. The van der Waals surface area contributed by atoms with Crippen LogP contribution >= 0.6 is 11.6 Å². The number of nitrogens with zero attached hydrogens (tertiary/aromatic N) is 3. The van der Waals surface area contributed by atoms with Gasteiger partial charge < -0.3 is 0 Å². The van der Waals surface area contributed by atoms with E-state index in [1.807, 2.05) is 6.07 Å². The van der Waals surface area contributed by atoms with Crippen molar-refractivity contribution in [2.24, 2.45) is 0 Å². The Bertz CT molecular complexity index is 382. The zero-order valence-electron chi connectivity index (χ0n) is 7.40. The molecule has 1 aliphatic rings. The quantitative estimate of drug-likeness (QED) is 0.707. The van der Waals surface area contributed by atoms with Gasteiger partial charge in [0.1, 0.15) is 6.07 Å². The lowest BCUT2D eigenvalue weighted by Gasteiger charge is -2.15. The molecule has 0 saturated carbocycles. The van der Waals surface area contributed by atoms with Crippen molar-refractivity contribution in [2.75, 3.05) is 18.2 Å². The topological polar surface area (TPSA) is 49.2 Å². The van der Waals surface area contributed by atoms with Crippen molar-refractivity contribution in [1.29, 1.82) is 5.26 Å². The second kappa shape index (κ2) is 3.82. The highest BCUT2D eigenvalue weighted by Crippen LogP contribution is 2.26. The van der Waals surface area contributed by atoms with Crippen LogP contribution in [0.4, 0.5) is 5.82 Å². The summed E-state index contributed by atoms with van der Waals surface area (Å²) in [4.78, 5) is 9.37. The summed E-state index contributed by atoms with van der Waals surface area (Å²) in [5.74, 6) is 0.586. The minimum Gasteiger partial charge on any atom is -0.272 e. The zero-order valence-corrected chi connectivity index (χ0v) is 8.16. The van der Waals surface area contributed by atoms with Crippen molar-refractivity contribution in [3.8, 4) is 6.07 Å². The molecular weight excluding hydrogens is 202 g/mol. The lowest BCUT2D eigenvalue weighted by atomic mass is 10.3. The third-order valence-electron chi connectivity index (χ3n) is 1.94. The first-order chi connectivity index (χ1) is 6.81. The molecule has 0 N–H and O–H groups in total. The van der Waals surface area contributed by atoms with Crippen molar-refractivity contribution in [2.45, 2.75) is 6.42 Å². The first-order valence-electron chi connectivity index (χ1n) is 4.27. The van der Waals surface area contributed by atoms with E-state index in [9.17, 15) is 0 Å². The van der Waals surface area contributed by atoms with Crippen LogP contribution in [0.1, 0.15) is 12.0 Å². The Balaban J connectivity index is 2.30. The summed E-state index contributed by atoms with van der Waals surface area (Å²) in [5, 5.41) is 10.7. The Morgan fingerprint density at radius 2 is 2.50 bits per heavy atom. The molecule has 2 rings (SSSR count). The van der Waals surface area contributed by atoms with Gasteiger partial charge in [0.2, 0.25) is 0 Å². The number of hydrogen-bond acceptors (Lipinski definition) is 4. The maximum atomic E-state index is 8.62. The maximum absolute atomic E-state index is 8.62. The van der Waals surface area contributed by atoms with Crippen LogP contribution in [-0.4, -0.2) is 18.1 Å². The standard InChI is InChI=1S/C9H8ClN3O/c10-8-4-7(5-11)6-12-9(8)13-2-1-3-14-13/h4,6H,1-3H2. The highest BCUT2D eigenvalue weighted by atomic mass is 35.5. The Morgan fingerprint density at radius 1 is 1.64 bits per heavy atom. The number of hydroxylamine groups is 1. The number of nitriles is 1. The van der Waals surface area contributed by atoms with Crippen molar-refractivity contribution < 1.29 is 4.84 Å². The van der Waals surface area contributed by atoms with Crippen LogP contribution in [0.25, 0.3) is 0 Å². The molecule has 72 valence electrons. The number of aromatic nitrogens is 1. The lowest BCUT2D eigenvalue weighted by Crippen LogP contribution is -2.17. The molecule has 4 nitrogen and oxygen atoms in total. The van der Waals surface area contributed by atoms with Gasteiger partial charge in [0, 0.05) is 12.7 Å². The number of pyridine rings is 1. The highest BCUT2D eigenvalue weighted by molar-refractivity contribution is 6.33. The fourth-order valence-corrected chi connectivity index (χ4v) is 1.55. The number of halogens is 1. The molecule has 0 unspecified atom stereocenters. The lowest BCUT2D eigenvalue weighted by molar-refractivity contribution is 0.166. The van der Waals surface area contributed by atoms with Gasteiger partial charge in [-0.05, 0) is 12.5 Å². The number of anilines is 1. The van der Waals surface area contributed by atoms with Crippen LogP contribution < -0.4 is 5.06 Å². The first-order valence-corrected chi connectivity index (χ1v) is 4.65. The third-order valence-corrected chi connectivity index (χ3v) is 2.22. The predicted octanol–water partition coefficient (Wildman–Crippen LogP) is 1.75. The van der Waals surface area contributed by atoms with E-state index in [2.05, 4.69) is 4.98 Å². The van der Waals surface area contributed by atoms with Gasteiger partial charge in [-0.15, -0.1) is 0 Å². The number of hydrogen-bond donors (Lipinski definition) is 0. The van der Waals surface area contributed by atoms with Crippen LogP contribution in [-0.2, 0) is 4.84 Å². The molecule has 5 heteroatoms. The van der Waals surface area contributed by atoms with Gasteiger partial charge in [0.05, 0.1) is 17.2 Å². The molecule has 0 aromatic carbocycles. The molecule has 1 fully saturated rings. The normalized spacial score (nSPS) is 15.6. The predicted molar refractivity (Wildman–Crippen MR) is 51.9 cm³/mol. The van der Waals surface area contributed by atoms with Gasteiger partial charge in [-0.2, -0.15) is 5.26 Å². The summed E-state index contributed by atoms with van der Waals surface area (Å²) < 4.78 is 0. The van der Waals surface area contributed by atoms with Gasteiger partial charge in [-0.1, -0.05) is 11.6 Å². The highest BCUT2D eigenvalue weighted by Gasteiger charge is 2.17. The maximum Gasteiger partial charge on any atom is 0.171 e. The summed E-state index contributed by atoms with van der Waals surface area (Å²) in [7, 11) is 0. The Morgan fingerprint density at radius 3 is 3.07 bits per heavy atom. The summed E-state index contributed by atoms with van der Waals surface area (Å²) in [5.41, 5.74) is 0.456. The van der Waals surface area contributed by atoms with Gasteiger partial charge in [0.25, 0.3) is 0 Å². The van der Waals surface area contributed by atoms with Gasteiger partial charge >= 0.3 is 0 Å². The van der Waals surface area contributed by atoms with Crippen LogP contribution in [0.5, 0.6) is 0 Å². The van der Waals surface area contributed by atoms with E-state index >= 15 is 0 Å². The molecule has 0 radical (unpaired) electrons. The summed E-state index contributed by atoms with van der Waals surface area (Å²) in [6, 6.07) is 3.57. The molecule has 1 aromatic heterocycles. The van der Waals surface area contributed by atoms with Crippen LogP contribution in [0.2, 0.25) is 5.02 Å². The summed E-state index contributed by atoms with van der Waals surface area (Å²) in [6.07, 6.45) is 2.46. The van der Waals surface area contributed by atoms with E-state index in [4.69, 9.17) is 21.7 Å². The van der Waals surface area contributed by atoms with Crippen LogP contribution in [0.3, 0.4) is 0 Å². The first kappa shape index (κ1) is 9.25. The number of rotatable bonds is 1.